The van der Waals surface area contributed by atoms with E-state index in [0.29, 0.717) is 18.7 Å². The molecule has 1 aromatic heterocycles. The lowest BCUT2D eigenvalue weighted by molar-refractivity contribution is -0.165. The zero-order valence-corrected chi connectivity index (χ0v) is 11.9. The van der Waals surface area contributed by atoms with Crippen LogP contribution in [0.25, 0.3) is 0 Å². The smallest absolute Gasteiger partial charge is 0.313 e. The quantitative estimate of drug-likeness (QED) is 0.839. The minimum absolute atomic E-state index is 0.273. The first-order chi connectivity index (χ1) is 9.33. The molecule has 1 aliphatic heterocycles. The first-order valence-corrected chi connectivity index (χ1v) is 6.79. The predicted octanol–water partition coefficient (Wildman–Crippen LogP) is 2.14. The molecule has 0 spiro atoms. The summed E-state index contributed by atoms with van der Waals surface area (Å²) in [7, 11) is 0. The Balaban J connectivity index is 1.94. The number of ether oxygens (including phenoxy) is 1. The molecule has 1 saturated heterocycles. The maximum absolute atomic E-state index is 12.7. The lowest BCUT2D eigenvalue weighted by Crippen LogP contribution is -2.50. The molecular weight excluding hydrogens is 256 g/mol. The summed E-state index contributed by atoms with van der Waals surface area (Å²) in [6, 6.07) is 5.29. The number of nitrogens with one attached hydrogen (secondary N) is 1. The third-order valence-corrected chi connectivity index (χ3v) is 5.36. The molecule has 0 radical (unpaired) electrons. The van der Waals surface area contributed by atoms with Gasteiger partial charge in [-0.2, -0.15) is 0 Å². The maximum atomic E-state index is 12.7. The Labute approximate surface area is 117 Å². The van der Waals surface area contributed by atoms with E-state index in [0.717, 1.165) is 0 Å². The molecule has 3 rings (SSSR count). The monoisotopic (exact) mass is 274 g/mol. The van der Waals surface area contributed by atoms with E-state index in [-0.39, 0.29) is 11.9 Å². The van der Waals surface area contributed by atoms with Crippen LogP contribution in [-0.2, 0) is 14.3 Å². The van der Waals surface area contributed by atoms with Gasteiger partial charge in [-0.15, -0.1) is 0 Å². The minimum atomic E-state index is -1.09. The molecule has 1 aliphatic carbocycles. The standard InChI is InChI=1S/C15H18N2O3/c1-13(2)14(3)7-8-15(13,20-12(14)19)11(18)17-10-6-4-5-9-16-10/h4-6,9H,7-8H2,1-3H3,(H,16,17,18). The molecule has 1 amide bonds. The maximum Gasteiger partial charge on any atom is 0.313 e. The van der Waals surface area contributed by atoms with Crippen LogP contribution in [0.3, 0.4) is 0 Å². The van der Waals surface area contributed by atoms with Crippen LogP contribution in [0.5, 0.6) is 0 Å². The number of amides is 1. The van der Waals surface area contributed by atoms with E-state index in [2.05, 4.69) is 10.3 Å². The van der Waals surface area contributed by atoms with Crippen LogP contribution >= 0.6 is 0 Å². The Morgan fingerprint density at radius 2 is 2.05 bits per heavy atom. The second kappa shape index (κ2) is 3.81. The molecule has 1 saturated carbocycles. The van der Waals surface area contributed by atoms with Crippen LogP contribution < -0.4 is 5.32 Å². The van der Waals surface area contributed by atoms with Gasteiger partial charge in [0.25, 0.3) is 5.91 Å². The normalized spacial score (nSPS) is 33.9. The van der Waals surface area contributed by atoms with E-state index < -0.39 is 16.4 Å². The van der Waals surface area contributed by atoms with Crippen molar-refractivity contribution in [2.24, 2.45) is 10.8 Å². The largest absolute Gasteiger partial charge is 0.448 e. The van der Waals surface area contributed by atoms with Crippen molar-refractivity contribution in [1.82, 2.24) is 4.98 Å². The summed E-state index contributed by atoms with van der Waals surface area (Å²) in [4.78, 5) is 28.9. The van der Waals surface area contributed by atoms with Gasteiger partial charge in [0.05, 0.1) is 5.41 Å². The highest BCUT2D eigenvalue weighted by atomic mass is 16.6. The summed E-state index contributed by atoms with van der Waals surface area (Å²) < 4.78 is 5.52. The van der Waals surface area contributed by atoms with E-state index in [9.17, 15) is 9.59 Å². The molecule has 2 atom stereocenters. The summed E-state index contributed by atoms with van der Waals surface area (Å²) in [5, 5.41) is 2.77. The van der Waals surface area contributed by atoms with Crippen molar-refractivity contribution >= 4 is 17.7 Å². The highest BCUT2D eigenvalue weighted by Gasteiger charge is 2.75. The van der Waals surface area contributed by atoms with Gasteiger partial charge in [-0.1, -0.05) is 19.9 Å². The van der Waals surface area contributed by atoms with Crippen LogP contribution in [0, 0.1) is 10.8 Å². The van der Waals surface area contributed by atoms with E-state index in [1.807, 2.05) is 20.8 Å². The van der Waals surface area contributed by atoms with E-state index in [4.69, 9.17) is 4.74 Å². The highest BCUT2D eigenvalue weighted by Crippen LogP contribution is 2.65. The van der Waals surface area contributed by atoms with Gasteiger partial charge in [0.1, 0.15) is 5.82 Å². The number of hydrogen-bond donors (Lipinski definition) is 1. The number of carbonyl (C=O) groups is 2. The summed E-state index contributed by atoms with van der Waals surface area (Å²) >= 11 is 0. The Kier molecular flexibility index (Phi) is 2.49. The zero-order chi connectivity index (χ0) is 14.6. The second-order valence-electron chi connectivity index (χ2n) is 6.34. The fourth-order valence-corrected chi connectivity index (χ4v) is 3.40. The fourth-order valence-electron chi connectivity index (χ4n) is 3.40. The van der Waals surface area contributed by atoms with Crippen LogP contribution in [0.1, 0.15) is 33.6 Å². The average Bonchev–Trinajstić information content (AvgIpc) is 2.70. The molecular formula is C15H18N2O3. The molecule has 5 heteroatoms. The van der Waals surface area contributed by atoms with Gasteiger partial charge in [-0.3, -0.25) is 9.59 Å². The first kappa shape index (κ1) is 13.1. The van der Waals surface area contributed by atoms with Crippen LogP contribution in [0.2, 0.25) is 0 Å². The number of aromatic nitrogens is 1. The molecule has 2 bridgehead atoms. The number of rotatable bonds is 2. The SMILES string of the molecule is CC12CCC(C(=O)Nc3ccccn3)(OC1=O)C2(C)C. The molecule has 2 aliphatic rings. The molecule has 20 heavy (non-hydrogen) atoms. The van der Waals surface area contributed by atoms with Gasteiger partial charge in [-0.25, -0.2) is 4.98 Å². The van der Waals surface area contributed by atoms with Crippen LogP contribution in [-0.4, -0.2) is 22.5 Å². The Hall–Kier alpha value is -1.91. The number of fused-ring (bicyclic) bond motifs is 2. The zero-order valence-electron chi connectivity index (χ0n) is 11.9. The summed E-state index contributed by atoms with van der Waals surface area (Å²) in [6.45, 7) is 5.75. The van der Waals surface area contributed by atoms with Gasteiger partial charge in [0.2, 0.25) is 0 Å². The predicted molar refractivity (Wildman–Crippen MR) is 72.8 cm³/mol. The van der Waals surface area contributed by atoms with Crippen molar-refractivity contribution in [2.75, 3.05) is 5.32 Å². The minimum Gasteiger partial charge on any atom is -0.448 e. The number of hydrogen-bond acceptors (Lipinski definition) is 4. The molecule has 2 unspecified atom stereocenters. The number of esters is 1. The molecule has 106 valence electrons. The third kappa shape index (κ3) is 1.35. The average molecular weight is 274 g/mol. The molecule has 1 N–H and O–H groups in total. The van der Waals surface area contributed by atoms with E-state index in [1.165, 1.54) is 0 Å². The molecule has 2 heterocycles. The lowest BCUT2D eigenvalue weighted by Gasteiger charge is -2.35. The van der Waals surface area contributed by atoms with Gasteiger partial charge >= 0.3 is 5.97 Å². The number of pyridine rings is 1. The van der Waals surface area contributed by atoms with Crippen molar-refractivity contribution in [3.8, 4) is 0 Å². The van der Waals surface area contributed by atoms with Crippen LogP contribution in [0.4, 0.5) is 5.82 Å². The van der Waals surface area contributed by atoms with Gasteiger partial charge in [0.15, 0.2) is 5.60 Å². The molecule has 2 fully saturated rings. The highest BCUT2D eigenvalue weighted by molar-refractivity contribution is 6.02. The molecule has 5 nitrogen and oxygen atoms in total. The van der Waals surface area contributed by atoms with Crippen molar-refractivity contribution in [2.45, 2.75) is 39.2 Å². The van der Waals surface area contributed by atoms with E-state index in [1.54, 1.807) is 24.4 Å². The van der Waals surface area contributed by atoms with E-state index >= 15 is 0 Å². The summed E-state index contributed by atoms with van der Waals surface area (Å²) in [6.07, 6.45) is 2.84. The summed E-state index contributed by atoms with van der Waals surface area (Å²) in [5.41, 5.74) is -2.21. The van der Waals surface area contributed by atoms with Gasteiger partial charge in [0, 0.05) is 11.6 Å². The van der Waals surface area contributed by atoms with Crippen molar-refractivity contribution in [3.63, 3.8) is 0 Å². The third-order valence-electron chi connectivity index (χ3n) is 5.36. The Bertz CT molecular complexity index is 584. The molecule has 0 aromatic carbocycles. The topological polar surface area (TPSA) is 68.3 Å². The number of carbonyl (C=O) groups excluding carboxylic acids is 2. The van der Waals surface area contributed by atoms with Crippen molar-refractivity contribution < 1.29 is 14.3 Å². The second-order valence-corrected chi connectivity index (χ2v) is 6.34. The summed E-state index contributed by atoms with van der Waals surface area (Å²) in [5.74, 6) is -0.0834. The Morgan fingerprint density at radius 1 is 1.30 bits per heavy atom. The van der Waals surface area contributed by atoms with Crippen LogP contribution in [0.15, 0.2) is 24.4 Å². The Morgan fingerprint density at radius 3 is 2.55 bits per heavy atom. The number of nitrogens with zero attached hydrogens (tertiary/aromatic N) is 1. The van der Waals surface area contributed by atoms with Crippen molar-refractivity contribution in [1.29, 1.82) is 0 Å². The molecule has 1 aromatic rings. The van der Waals surface area contributed by atoms with Crippen molar-refractivity contribution in [3.05, 3.63) is 24.4 Å². The first-order valence-electron chi connectivity index (χ1n) is 6.79. The number of anilines is 1. The van der Waals surface area contributed by atoms with Gasteiger partial charge in [-0.05, 0) is 31.9 Å². The van der Waals surface area contributed by atoms with Gasteiger partial charge < -0.3 is 10.1 Å². The lowest BCUT2D eigenvalue weighted by atomic mass is 9.66. The fraction of sp³-hybridized carbons (Fsp3) is 0.533.